The van der Waals surface area contributed by atoms with Gasteiger partial charge in [0.1, 0.15) is 11.5 Å². The van der Waals surface area contributed by atoms with Gasteiger partial charge in [-0.1, -0.05) is 27.7 Å². The number of Topliss-reactive ketones (excluding diaryl/α,β-unsaturated/α-hetero) is 1. The first kappa shape index (κ1) is 16.3. The molecule has 1 aliphatic carbocycles. The number of hydrogen-bond donors (Lipinski definition) is 0. The van der Waals surface area contributed by atoms with E-state index in [0.29, 0.717) is 17.1 Å². The number of carbonyl (C=O) groups excluding carboxylic acids is 1. The first-order valence-corrected chi connectivity index (χ1v) is 8.17. The summed E-state index contributed by atoms with van der Waals surface area (Å²) in [6.07, 6.45) is 4.57. The Balaban J connectivity index is 1.96. The van der Waals surface area contributed by atoms with Crippen molar-refractivity contribution in [3.8, 4) is 0 Å². The molecule has 3 nitrogen and oxygen atoms in total. The molecule has 0 spiro atoms. The maximum atomic E-state index is 12.3. The fraction of sp³-hybridized carbons (Fsp3) is 0.722. The Morgan fingerprint density at radius 2 is 2.14 bits per heavy atom. The van der Waals surface area contributed by atoms with Crippen molar-refractivity contribution in [2.75, 3.05) is 13.1 Å². The van der Waals surface area contributed by atoms with Gasteiger partial charge in [0.25, 0.3) is 0 Å². The third-order valence-corrected chi connectivity index (χ3v) is 4.87. The lowest BCUT2D eigenvalue weighted by Gasteiger charge is -2.38. The number of furan rings is 1. The third-order valence-electron chi connectivity index (χ3n) is 4.87. The van der Waals surface area contributed by atoms with E-state index in [4.69, 9.17) is 4.42 Å². The molecule has 0 radical (unpaired) electrons. The van der Waals surface area contributed by atoms with Crippen molar-refractivity contribution in [3.05, 3.63) is 24.2 Å². The summed E-state index contributed by atoms with van der Waals surface area (Å²) < 4.78 is 5.43. The highest BCUT2D eigenvalue weighted by atomic mass is 16.3. The van der Waals surface area contributed by atoms with Gasteiger partial charge >= 0.3 is 0 Å². The second kappa shape index (κ2) is 6.78. The quantitative estimate of drug-likeness (QED) is 0.817. The highest BCUT2D eigenvalue weighted by molar-refractivity contribution is 5.82. The Labute approximate surface area is 128 Å². The summed E-state index contributed by atoms with van der Waals surface area (Å²) in [5, 5.41) is 0. The van der Waals surface area contributed by atoms with E-state index < -0.39 is 0 Å². The Morgan fingerprint density at radius 3 is 2.71 bits per heavy atom. The summed E-state index contributed by atoms with van der Waals surface area (Å²) >= 11 is 0. The number of carbonyl (C=O) groups is 1. The van der Waals surface area contributed by atoms with Crippen LogP contribution in [0, 0.1) is 17.3 Å². The maximum absolute atomic E-state index is 12.3. The van der Waals surface area contributed by atoms with Crippen molar-refractivity contribution in [1.29, 1.82) is 0 Å². The van der Waals surface area contributed by atoms with E-state index >= 15 is 0 Å². The molecule has 21 heavy (non-hydrogen) atoms. The monoisotopic (exact) mass is 291 g/mol. The SMILES string of the molecule is CCN(Cc1ccco1)CC1CC(C(C)(C)C)CCC1=O. The molecule has 1 fully saturated rings. The topological polar surface area (TPSA) is 33.5 Å². The molecule has 0 aliphatic heterocycles. The fourth-order valence-corrected chi connectivity index (χ4v) is 3.32. The van der Waals surface area contributed by atoms with Crippen LogP contribution in [0.2, 0.25) is 0 Å². The Kier molecular flexibility index (Phi) is 5.26. The molecule has 1 saturated carbocycles. The van der Waals surface area contributed by atoms with Crippen LogP contribution >= 0.6 is 0 Å². The van der Waals surface area contributed by atoms with Gasteiger partial charge in [-0.05, 0) is 42.9 Å². The summed E-state index contributed by atoms with van der Waals surface area (Å²) in [6, 6.07) is 3.92. The first-order valence-electron chi connectivity index (χ1n) is 8.17. The largest absolute Gasteiger partial charge is 0.468 e. The molecule has 0 amide bonds. The van der Waals surface area contributed by atoms with Crippen LogP contribution in [-0.2, 0) is 11.3 Å². The van der Waals surface area contributed by atoms with Crippen LogP contribution < -0.4 is 0 Å². The zero-order chi connectivity index (χ0) is 15.5. The lowest BCUT2D eigenvalue weighted by molar-refractivity contribution is -0.127. The van der Waals surface area contributed by atoms with Crippen molar-refractivity contribution in [3.63, 3.8) is 0 Å². The molecule has 0 bridgehead atoms. The molecule has 0 aromatic carbocycles. The van der Waals surface area contributed by atoms with Gasteiger partial charge in [-0.3, -0.25) is 9.69 Å². The van der Waals surface area contributed by atoms with Crippen LogP contribution in [0.25, 0.3) is 0 Å². The van der Waals surface area contributed by atoms with Gasteiger partial charge in [0.05, 0.1) is 12.8 Å². The molecule has 1 aromatic heterocycles. The highest BCUT2D eigenvalue weighted by Crippen LogP contribution is 2.39. The molecule has 1 aliphatic rings. The molecule has 0 N–H and O–H groups in total. The van der Waals surface area contributed by atoms with Crippen LogP contribution in [-0.4, -0.2) is 23.8 Å². The van der Waals surface area contributed by atoms with Crippen molar-refractivity contribution < 1.29 is 9.21 Å². The van der Waals surface area contributed by atoms with Crippen LogP contribution in [0.15, 0.2) is 22.8 Å². The molecule has 3 heteroatoms. The molecule has 2 unspecified atom stereocenters. The average molecular weight is 291 g/mol. The number of hydrogen-bond acceptors (Lipinski definition) is 3. The lowest BCUT2D eigenvalue weighted by atomic mass is 9.68. The van der Waals surface area contributed by atoms with Crippen LogP contribution in [0.1, 0.15) is 52.7 Å². The summed E-state index contributed by atoms with van der Waals surface area (Å²) in [5.74, 6) is 2.28. The molecule has 1 heterocycles. The van der Waals surface area contributed by atoms with Crippen molar-refractivity contribution in [1.82, 2.24) is 4.90 Å². The van der Waals surface area contributed by atoms with Crippen LogP contribution in [0.4, 0.5) is 0 Å². The smallest absolute Gasteiger partial charge is 0.137 e. The summed E-state index contributed by atoms with van der Waals surface area (Å²) in [5.41, 5.74) is 0.303. The van der Waals surface area contributed by atoms with Crippen molar-refractivity contribution in [2.24, 2.45) is 17.3 Å². The van der Waals surface area contributed by atoms with Gasteiger partial charge in [0.2, 0.25) is 0 Å². The molecule has 118 valence electrons. The first-order chi connectivity index (χ1) is 9.90. The summed E-state index contributed by atoms with van der Waals surface area (Å²) in [6.45, 7) is 11.7. The van der Waals surface area contributed by atoms with Gasteiger partial charge in [-0.15, -0.1) is 0 Å². The maximum Gasteiger partial charge on any atom is 0.137 e. The second-order valence-corrected chi connectivity index (χ2v) is 7.41. The number of rotatable bonds is 5. The highest BCUT2D eigenvalue weighted by Gasteiger charge is 2.35. The van der Waals surface area contributed by atoms with E-state index in [9.17, 15) is 4.79 Å². The standard InChI is InChI=1S/C18H29NO2/c1-5-19(13-16-7-6-10-21-16)12-14-11-15(18(2,3)4)8-9-17(14)20/h6-7,10,14-15H,5,8-9,11-13H2,1-4H3. The zero-order valence-corrected chi connectivity index (χ0v) is 13.9. The van der Waals surface area contributed by atoms with E-state index in [1.54, 1.807) is 6.26 Å². The summed E-state index contributed by atoms with van der Waals surface area (Å²) in [7, 11) is 0. The normalized spacial score (nSPS) is 23.8. The predicted molar refractivity (Wildman–Crippen MR) is 85.0 cm³/mol. The summed E-state index contributed by atoms with van der Waals surface area (Å²) in [4.78, 5) is 14.6. The predicted octanol–water partition coefficient (Wildman–Crippen LogP) is 4.13. The molecular formula is C18H29NO2. The van der Waals surface area contributed by atoms with E-state index in [0.717, 1.165) is 44.7 Å². The lowest BCUT2D eigenvalue weighted by Crippen LogP contribution is -2.39. The van der Waals surface area contributed by atoms with E-state index in [-0.39, 0.29) is 5.92 Å². The minimum atomic E-state index is 0.192. The van der Waals surface area contributed by atoms with E-state index in [1.807, 2.05) is 12.1 Å². The Morgan fingerprint density at radius 1 is 1.38 bits per heavy atom. The second-order valence-electron chi connectivity index (χ2n) is 7.41. The van der Waals surface area contributed by atoms with Gasteiger partial charge < -0.3 is 4.42 Å². The van der Waals surface area contributed by atoms with Crippen molar-refractivity contribution >= 4 is 5.78 Å². The van der Waals surface area contributed by atoms with Gasteiger partial charge in [-0.2, -0.15) is 0 Å². The van der Waals surface area contributed by atoms with Crippen molar-refractivity contribution in [2.45, 2.75) is 53.5 Å². The minimum Gasteiger partial charge on any atom is -0.468 e. The van der Waals surface area contributed by atoms with E-state index in [1.165, 1.54) is 0 Å². The molecule has 1 aromatic rings. The van der Waals surface area contributed by atoms with Gasteiger partial charge in [-0.25, -0.2) is 0 Å². The third kappa shape index (κ3) is 4.44. The molecular weight excluding hydrogens is 262 g/mol. The minimum absolute atomic E-state index is 0.192. The Hall–Kier alpha value is -1.09. The van der Waals surface area contributed by atoms with Crippen LogP contribution in [0.5, 0.6) is 0 Å². The van der Waals surface area contributed by atoms with Crippen LogP contribution in [0.3, 0.4) is 0 Å². The molecule has 2 rings (SSSR count). The fourth-order valence-electron chi connectivity index (χ4n) is 3.32. The number of nitrogens with zero attached hydrogens (tertiary/aromatic N) is 1. The zero-order valence-electron chi connectivity index (χ0n) is 13.9. The van der Waals surface area contributed by atoms with E-state index in [2.05, 4.69) is 32.6 Å². The number of ketones is 1. The average Bonchev–Trinajstić information content (AvgIpc) is 2.92. The Bertz CT molecular complexity index is 444. The van der Waals surface area contributed by atoms with Gasteiger partial charge in [0.15, 0.2) is 0 Å². The molecule has 0 saturated heterocycles. The molecule has 2 atom stereocenters. The van der Waals surface area contributed by atoms with Gasteiger partial charge in [0, 0.05) is 18.9 Å².